The van der Waals surface area contributed by atoms with Crippen molar-refractivity contribution in [2.45, 2.75) is 25.3 Å². The molecule has 0 aliphatic heterocycles. The van der Waals surface area contributed by atoms with Crippen molar-refractivity contribution in [3.8, 4) is 0 Å². The smallest absolute Gasteiger partial charge is 0.137 e. The Labute approximate surface area is 123 Å². The number of fused-ring (bicyclic) bond motifs is 1. The summed E-state index contributed by atoms with van der Waals surface area (Å²) in [5, 5.41) is 4.65. The van der Waals surface area contributed by atoms with E-state index in [2.05, 4.69) is 45.4 Å². The fourth-order valence-electron chi connectivity index (χ4n) is 2.78. The van der Waals surface area contributed by atoms with Gasteiger partial charge >= 0.3 is 0 Å². The van der Waals surface area contributed by atoms with E-state index in [0.29, 0.717) is 12.0 Å². The minimum atomic E-state index is 0.438. The van der Waals surface area contributed by atoms with Crippen LogP contribution >= 0.6 is 0 Å². The van der Waals surface area contributed by atoms with Crippen molar-refractivity contribution in [2.24, 2.45) is 0 Å². The summed E-state index contributed by atoms with van der Waals surface area (Å²) in [4.78, 5) is 12.9. The lowest BCUT2D eigenvalue weighted by Crippen LogP contribution is -2.06. The highest BCUT2D eigenvalue weighted by Gasteiger charge is 2.38. The molecular weight excluding hydrogens is 260 g/mol. The van der Waals surface area contributed by atoms with E-state index < -0.39 is 0 Å². The predicted octanol–water partition coefficient (Wildman–Crippen LogP) is 3.30. The molecule has 1 N–H and O–H groups in total. The number of anilines is 1. The van der Waals surface area contributed by atoms with E-state index in [9.17, 15) is 0 Å². The molecule has 4 nitrogen and oxygen atoms in total. The zero-order valence-electron chi connectivity index (χ0n) is 11.8. The van der Waals surface area contributed by atoms with Crippen LogP contribution in [0, 0.1) is 6.92 Å². The summed E-state index contributed by atoms with van der Waals surface area (Å²) in [5.74, 6) is 1.47. The number of aryl methyl sites for hydroxylation is 1. The summed E-state index contributed by atoms with van der Waals surface area (Å²) >= 11 is 0. The average molecular weight is 276 g/mol. The minimum Gasteiger partial charge on any atom is -0.366 e. The number of nitrogens with one attached hydrogen (secondary N) is 1. The SMILES string of the molecule is Cc1ccc2ncnc(N[C@H]3C[C@@H]3c3cccnc3)c2c1. The highest BCUT2D eigenvalue weighted by atomic mass is 15.1. The second kappa shape index (κ2) is 4.81. The van der Waals surface area contributed by atoms with E-state index in [0.717, 1.165) is 23.1 Å². The Balaban J connectivity index is 1.60. The van der Waals surface area contributed by atoms with Gasteiger partial charge in [0.2, 0.25) is 0 Å². The summed E-state index contributed by atoms with van der Waals surface area (Å²) in [6, 6.07) is 10.8. The second-order valence-corrected chi connectivity index (χ2v) is 5.62. The number of pyridine rings is 1. The van der Waals surface area contributed by atoms with Crippen molar-refractivity contribution in [3.05, 3.63) is 60.2 Å². The number of hydrogen-bond acceptors (Lipinski definition) is 4. The molecule has 1 aliphatic rings. The van der Waals surface area contributed by atoms with E-state index in [1.807, 2.05) is 24.5 Å². The zero-order chi connectivity index (χ0) is 14.2. The highest BCUT2D eigenvalue weighted by molar-refractivity contribution is 5.89. The monoisotopic (exact) mass is 276 g/mol. The third-order valence-corrected chi connectivity index (χ3v) is 4.02. The molecule has 2 heterocycles. The molecule has 2 atom stereocenters. The van der Waals surface area contributed by atoms with E-state index in [4.69, 9.17) is 0 Å². The van der Waals surface area contributed by atoms with Crippen LogP contribution in [0.3, 0.4) is 0 Å². The van der Waals surface area contributed by atoms with Gasteiger partial charge in [-0.2, -0.15) is 0 Å². The van der Waals surface area contributed by atoms with Gasteiger partial charge in [0, 0.05) is 29.7 Å². The first-order chi connectivity index (χ1) is 10.3. The molecule has 0 amide bonds. The van der Waals surface area contributed by atoms with E-state index in [1.165, 1.54) is 11.1 Å². The van der Waals surface area contributed by atoms with Crippen LogP contribution in [-0.2, 0) is 0 Å². The molecule has 0 unspecified atom stereocenters. The highest BCUT2D eigenvalue weighted by Crippen LogP contribution is 2.42. The van der Waals surface area contributed by atoms with Crippen molar-refractivity contribution in [1.82, 2.24) is 15.0 Å². The Morgan fingerprint density at radius 3 is 3.00 bits per heavy atom. The molecule has 104 valence electrons. The van der Waals surface area contributed by atoms with Crippen LogP contribution in [-0.4, -0.2) is 21.0 Å². The maximum absolute atomic E-state index is 4.42. The van der Waals surface area contributed by atoms with Crippen molar-refractivity contribution in [1.29, 1.82) is 0 Å². The molecule has 1 fully saturated rings. The fraction of sp³-hybridized carbons (Fsp3) is 0.235. The first kappa shape index (κ1) is 12.3. The molecule has 1 aromatic carbocycles. The first-order valence-corrected chi connectivity index (χ1v) is 7.19. The number of hydrogen-bond donors (Lipinski definition) is 1. The minimum absolute atomic E-state index is 0.438. The predicted molar refractivity (Wildman–Crippen MR) is 83.3 cm³/mol. The van der Waals surface area contributed by atoms with E-state index in [1.54, 1.807) is 6.33 Å². The second-order valence-electron chi connectivity index (χ2n) is 5.62. The lowest BCUT2D eigenvalue weighted by Gasteiger charge is -2.08. The van der Waals surface area contributed by atoms with Crippen molar-refractivity contribution >= 4 is 16.7 Å². The average Bonchev–Trinajstić information content (AvgIpc) is 3.28. The van der Waals surface area contributed by atoms with Crippen LogP contribution in [0.2, 0.25) is 0 Å². The van der Waals surface area contributed by atoms with Gasteiger partial charge in [0.25, 0.3) is 0 Å². The van der Waals surface area contributed by atoms with Gasteiger partial charge in [0.05, 0.1) is 5.52 Å². The Hall–Kier alpha value is -2.49. The Kier molecular flexibility index (Phi) is 2.81. The zero-order valence-corrected chi connectivity index (χ0v) is 11.8. The summed E-state index contributed by atoms with van der Waals surface area (Å²) in [7, 11) is 0. The molecule has 3 aromatic rings. The van der Waals surface area contributed by atoms with Crippen LogP contribution in [0.5, 0.6) is 0 Å². The summed E-state index contributed by atoms with van der Waals surface area (Å²) < 4.78 is 0. The molecule has 4 rings (SSSR count). The molecule has 0 radical (unpaired) electrons. The maximum atomic E-state index is 4.42. The molecule has 1 aliphatic carbocycles. The molecule has 4 heteroatoms. The number of nitrogens with zero attached hydrogens (tertiary/aromatic N) is 3. The lowest BCUT2D eigenvalue weighted by molar-refractivity contribution is 1.02. The number of benzene rings is 1. The van der Waals surface area contributed by atoms with Gasteiger partial charge in [0.1, 0.15) is 12.1 Å². The summed E-state index contributed by atoms with van der Waals surface area (Å²) in [5.41, 5.74) is 3.50. The first-order valence-electron chi connectivity index (χ1n) is 7.19. The van der Waals surface area contributed by atoms with E-state index in [-0.39, 0.29) is 0 Å². The molecule has 0 spiro atoms. The largest absolute Gasteiger partial charge is 0.366 e. The Bertz CT molecular complexity index is 785. The van der Waals surface area contributed by atoms with Crippen molar-refractivity contribution in [2.75, 3.05) is 5.32 Å². The fourth-order valence-corrected chi connectivity index (χ4v) is 2.78. The van der Waals surface area contributed by atoms with Crippen LogP contribution in [0.1, 0.15) is 23.5 Å². The van der Waals surface area contributed by atoms with Crippen LogP contribution in [0.25, 0.3) is 10.9 Å². The number of rotatable bonds is 3. The molecule has 0 saturated heterocycles. The molecule has 0 bridgehead atoms. The maximum Gasteiger partial charge on any atom is 0.137 e. The lowest BCUT2D eigenvalue weighted by atomic mass is 10.1. The van der Waals surface area contributed by atoms with Crippen LogP contribution in [0.4, 0.5) is 5.82 Å². The summed E-state index contributed by atoms with van der Waals surface area (Å²) in [6.45, 7) is 2.09. The third-order valence-electron chi connectivity index (χ3n) is 4.02. The molecule has 21 heavy (non-hydrogen) atoms. The van der Waals surface area contributed by atoms with Gasteiger partial charge in [-0.25, -0.2) is 9.97 Å². The molecule has 1 saturated carbocycles. The Morgan fingerprint density at radius 1 is 1.19 bits per heavy atom. The van der Waals surface area contributed by atoms with Gasteiger partial charge in [0.15, 0.2) is 0 Å². The van der Waals surface area contributed by atoms with Gasteiger partial charge in [-0.05, 0) is 37.1 Å². The molecule has 2 aromatic heterocycles. The van der Waals surface area contributed by atoms with Crippen molar-refractivity contribution in [3.63, 3.8) is 0 Å². The number of aromatic nitrogens is 3. The third kappa shape index (κ3) is 2.33. The van der Waals surface area contributed by atoms with Gasteiger partial charge in [-0.3, -0.25) is 4.98 Å². The van der Waals surface area contributed by atoms with E-state index >= 15 is 0 Å². The van der Waals surface area contributed by atoms with Gasteiger partial charge in [-0.1, -0.05) is 17.7 Å². The molecular formula is C17H16N4. The van der Waals surface area contributed by atoms with Gasteiger partial charge in [-0.15, -0.1) is 0 Å². The summed E-state index contributed by atoms with van der Waals surface area (Å²) in [6.07, 6.45) is 6.52. The topological polar surface area (TPSA) is 50.7 Å². The van der Waals surface area contributed by atoms with Crippen LogP contribution in [0.15, 0.2) is 49.1 Å². The normalized spacial score (nSPS) is 20.4. The van der Waals surface area contributed by atoms with Gasteiger partial charge < -0.3 is 5.32 Å². The Morgan fingerprint density at radius 2 is 2.14 bits per heavy atom. The van der Waals surface area contributed by atoms with Crippen molar-refractivity contribution < 1.29 is 0 Å². The standard InChI is InChI=1S/C17H16N4/c1-11-4-5-15-14(7-11)17(20-10-19-15)21-16-8-13(16)12-3-2-6-18-9-12/h2-7,9-10,13,16H,8H2,1H3,(H,19,20,21)/t13-,16+/m1/s1. The quantitative estimate of drug-likeness (QED) is 0.797. The van der Waals surface area contributed by atoms with Crippen LogP contribution < -0.4 is 5.32 Å².